The van der Waals surface area contributed by atoms with Crippen LogP contribution in [0, 0.1) is 5.82 Å². The first-order valence-corrected chi connectivity index (χ1v) is 14.3. The second-order valence-corrected chi connectivity index (χ2v) is 10.2. The van der Waals surface area contributed by atoms with Gasteiger partial charge in [-0.25, -0.2) is 14.4 Å². The van der Waals surface area contributed by atoms with E-state index in [2.05, 4.69) is 33.8 Å². The minimum atomic E-state index is -0.303. The summed E-state index contributed by atoms with van der Waals surface area (Å²) in [5.41, 5.74) is 3.21. The smallest absolute Gasteiger partial charge is 0.141 e. The van der Waals surface area contributed by atoms with Gasteiger partial charge in [0.15, 0.2) is 0 Å². The van der Waals surface area contributed by atoms with Crippen LogP contribution in [0.1, 0.15) is 24.3 Å². The SMILES string of the molecule is CCNC(CSC)c1ccc(-c2ccc3ncnc(Nc4ccc(OCc5cccc(F)c5)c(Cl)c4)c3c2)o1. The highest BCUT2D eigenvalue weighted by Crippen LogP contribution is 2.33. The number of anilines is 2. The lowest BCUT2D eigenvalue weighted by Gasteiger charge is -2.14. The summed E-state index contributed by atoms with van der Waals surface area (Å²) in [5.74, 6) is 3.48. The van der Waals surface area contributed by atoms with E-state index in [0.717, 1.165) is 51.5 Å². The van der Waals surface area contributed by atoms with E-state index in [1.165, 1.54) is 18.5 Å². The lowest BCUT2D eigenvalue weighted by atomic mass is 10.1. The molecule has 0 spiro atoms. The monoisotopic (exact) mass is 562 g/mol. The molecule has 9 heteroatoms. The summed E-state index contributed by atoms with van der Waals surface area (Å²) < 4.78 is 25.5. The van der Waals surface area contributed by atoms with Gasteiger partial charge in [-0.15, -0.1) is 0 Å². The number of nitrogens with zero attached hydrogens (tertiary/aromatic N) is 2. The van der Waals surface area contributed by atoms with E-state index >= 15 is 0 Å². The van der Waals surface area contributed by atoms with Gasteiger partial charge in [-0.05, 0) is 79.0 Å². The molecule has 6 nitrogen and oxygen atoms in total. The molecule has 0 amide bonds. The molecule has 0 aliphatic carbocycles. The zero-order valence-corrected chi connectivity index (χ0v) is 23.2. The van der Waals surface area contributed by atoms with Gasteiger partial charge in [0, 0.05) is 22.4 Å². The summed E-state index contributed by atoms with van der Waals surface area (Å²) >= 11 is 8.28. The maximum absolute atomic E-state index is 13.4. The molecule has 1 unspecified atom stereocenters. The van der Waals surface area contributed by atoms with Crippen molar-refractivity contribution in [1.82, 2.24) is 15.3 Å². The lowest BCUT2D eigenvalue weighted by molar-refractivity contribution is 0.306. The fourth-order valence-corrected chi connectivity index (χ4v) is 5.13. The molecule has 0 aliphatic heterocycles. The number of rotatable bonds is 11. The third kappa shape index (κ3) is 6.53. The van der Waals surface area contributed by atoms with Crippen molar-refractivity contribution in [2.24, 2.45) is 0 Å². The number of aromatic nitrogens is 2. The third-order valence-corrected chi connectivity index (χ3v) is 7.11. The second-order valence-electron chi connectivity index (χ2n) is 8.91. The van der Waals surface area contributed by atoms with Crippen molar-refractivity contribution in [3.05, 3.63) is 101 Å². The Morgan fingerprint density at radius 3 is 2.74 bits per heavy atom. The molecule has 0 aliphatic rings. The number of thioether (sulfide) groups is 1. The molecular formula is C30H28ClFN4O2S. The van der Waals surface area contributed by atoms with Crippen molar-refractivity contribution >= 4 is 45.8 Å². The number of furan rings is 1. The van der Waals surface area contributed by atoms with Crippen molar-refractivity contribution in [2.75, 3.05) is 23.9 Å². The molecule has 1 atom stereocenters. The first-order chi connectivity index (χ1) is 19.0. The number of ether oxygens (including phenoxy) is 1. The largest absolute Gasteiger partial charge is 0.487 e. The molecule has 0 bridgehead atoms. The van der Waals surface area contributed by atoms with E-state index in [1.54, 1.807) is 36.0 Å². The zero-order valence-electron chi connectivity index (χ0n) is 21.6. The van der Waals surface area contributed by atoms with Gasteiger partial charge in [0.2, 0.25) is 0 Å². The Labute approximate surface area is 236 Å². The first-order valence-electron chi connectivity index (χ1n) is 12.5. The standard InChI is InChI=1S/C30H28ClFN4O2S/c1-3-33-26(17-39-2)29-12-11-27(38-29)20-7-9-25-23(14-20)30(35-18-34-25)36-22-8-10-28(24(31)15-22)37-16-19-5-4-6-21(32)13-19/h4-15,18,26,33H,3,16-17H2,1-2H3,(H,34,35,36). The van der Waals surface area contributed by atoms with E-state index < -0.39 is 0 Å². The van der Waals surface area contributed by atoms with Gasteiger partial charge in [0.25, 0.3) is 0 Å². The zero-order chi connectivity index (χ0) is 27.2. The molecular weight excluding hydrogens is 535 g/mol. The van der Waals surface area contributed by atoms with Gasteiger partial charge < -0.3 is 19.8 Å². The number of halogens is 2. The molecule has 5 aromatic rings. The Morgan fingerprint density at radius 1 is 1.05 bits per heavy atom. The minimum Gasteiger partial charge on any atom is -0.487 e. The average Bonchev–Trinajstić information content (AvgIpc) is 3.43. The number of hydrogen-bond donors (Lipinski definition) is 2. The molecule has 0 radical (unpaired) electrons. The highest BCUT2D eigenvalue weighted by molar-refractivity contribution is 7.98. The first kappa shape index (κ1) is 27.0. The Kier molecular flexibility index (Phi) is 8.66. The van der Waals surface area contributed by atoms with Crippen molar-refractivity contribution in [3.63, 3.8) is 0 Å². The Balaban J connectivity index is 1.36. The molecule has 39 heavy (non-hydrogen) atoms. The van der Waals surface area contributed by atoms with Crippen LogP contribution in [0.3, 0.4) is 0 Å². The molecule has 2 heterocycles. The van der Waals surface area contributed by atoms with E-state index in [4.69, 9.17) is 20.8 Å². The van der Waals surface area contributed by atoms with E-state index in [-0.39, 0.29) is 18.5 Å². The molecule has 3 aromatic carbocycles. The highest BCUT2D eigenvalue weighted by atomic mass is 35.5. The molecule has 0 fully saturated rings. The van der Waals surface area contributed by atoms with Crippen molar-refractivity contribution in [1.29, 1.82) is 0 Å². The van der Waals surface area contributed by atoms with Crippen LogP contribution >= 0.6 is 23.4 Å². The van der Waals surface area contributed by atoms with Crippen LogP contribution in [0.4, 0.5) is 15.9 Å². The minimum absolute atomic E-state index is 0.158. The lowest BCUT2D eigenvalue weighted by Crippen LogP contribution is -2.22. The maximum Gasteiger partial charge on any atom is 0.141 e. The van der Waals surface area contributed by atoms with Crippen LogP contribution in [-0.4, -0.2) is 28.5 Å². The van der Waals surface area contributed by atoms with Gasteiger partial charge in [0.1, 0.15) is 41.8 Å². The number of hydrogen-bond acceptors (Lipinski definition) is 7. The maximum atomic E-state index is 13.4. The quantitative estimate of drug-likeness (QED) is 0.169. The van der Waals surface area contributed by atoms with E-state index in [1.807, 2.05) is 36.4 Å². The van der Waals surface area contributed by atoms with E-state index in [9.17, 15) is 4.39 Å². The topological polar surface area (TPSA) is 72.2 Å². The average molecular weight is 563 g/mol. The fourth-order valence-electron chi connectivity index (χ4n) is 4.28. The van der Waals surface area contributed by atoms with Gasteiger partial charge in [-0.3, -0.25) is 0 Å². The van der Waals surface area contributed by atoms with Crippen molar-refractivity contribution in [3.8, 4) is 17.1 Å². The van der Waals surface area contributed by atoms with Crippen LogP contribution < -0.4 is 15.4 Å². The summed E-state index contributed by atoms with van der Waals surface area (Å²) in [6.07, 6.45) is 3.61. The molecule has 0 saturated carbocycles. The van der Waals surface area contributed by atoms with Crippen molar-refractivity contribution in [2.45, 2.75) is 19.6 Å². The summed E-state index contributed by atoms with van der Waals surface area (Å²) in [6, 6.07) is 21.9. The van der Waals surface area contributed by atoms with Crippen LogP contribution in [0.2, 0.25) is 5.02 Å². The predicted octanol–water partition coefficient (Wildman–Crippen LogP) is 8.02. The molecule has 2 aromatic heterocycles. The summed E-state index contributed by atoms with van der Waals surface area (Å²) in [7, 11) is 0. The van der Waals surface area contributed by atoms with Crippen LogP contribution in [0.15, 0.2) is 83.5 Å². The normalized spacial score (nSPS) is 12.0. The van der Waals surface area contributed by atoms with Gasteiger partial charge >= 0.3 is 0 Å². The van der Waals surface area contributed by atoms with Crippen LogP contribution in [-0.2, 0) is 6.61 Å². The van der Waals surface area contributed by atoms with Crippen LogP contribution in [0.5, 0.6) is 5.75 Å². The number of nitrogens with one attached hydrogen (secondary N) is 2. The van der Waals surface area contributed by atoms with E-state index in [0.29, 0.717) is 16.6 Å². The van der Waals surface area contributed by atoms with Gasteiger partial charge in [-0.1, -0.05) is 30.7 Å². The molecule has 2 N–H and O–H groups in total. The van der Waals surface area contributed by atoms with Gasteiger partial charge in [0.05, 0.1) is 16.6 Å². The summed E-state index contributed by atoms with van der Waals surface area (Å²) in [5, 5.41) is 8.11. The van der Waals surface area contributed by atoms with Crippen LogP contribution in [0.25, 0.3) is 22.2 Å². The summed E-state index contributed by atoms with van der Waals surface area (Å²) in [4.78, 5) is 8.90. The second kappa shape index (κ2) is 12.5. The van der Waals surface area contributed by atoms with Gasteiger partial charge in [-0.2, -0.15) is 11.8 Å². The predicted molar refractivity (Wildman–Crippen MR) is 158 cm³/mol. The number of fused-ring (bicyclic) bond motifs is 1. The fraction of sp³-hybridized carbons (Fsp3) is 0.200. The van der Waals surface area contributed by atoms with Crippen molar-refractivity contribution < 1.29 is 13.5 Å². The molecule has 200 valence electrons. The Hall–Kier alpha value is -3.59. The molecule has 5 rings (SSSR count). The highest BCUT2D eigenvalue weighted by Gasteiger charge is 2.16. The third-order valence-electron chi connectivity index (χ3n) is 6.15. The summed E-state index contributed by atoms with van der Waals surface area (Å²) in [6.45, 7) is 3.17. The number of benzene rings is 3. The molecule has 0 saturated heterocycles. The Morgan fingerprint density at radius 2 is 1.95 bits per heavy atom. The Bertz CT molecular complexity index is 1570.